The predicted octanol–water partition coefficient (Wildman–Crippen LogP) is 3.96. The Bertz CT molecular complexity index is 959. The molecule has 1 amide bonds. The first-order valence-electron chi connectivity index (χ1n) is 8.06. The summed E-state index contributed by atoms with van der Waals surface area (Å²) >= 11 is 1.43. The van der Waals surface area contributed by atoms with Gasteiger partial charge in [0.1, 0.15) is 17.6 Å². The van der Waals surface area contributed by atoms with Gasteiger partial charge < -0.3 is 14.4 Å². The number of aliphatic hydroxyl groups excluding tert-OH is 1. The molecule has 26 heavy (non-hydrogen) atoms. The molecule has 4 rings (SSSR count). The molecule has 0 radical (unpaired) electrons. The Morgan fingerprint density at radius 3 is 2.54 bits per heavy atom. The molecule has 3 aromatic rings. The summed E-state index contributed by atoms with van der Waals surface area (Å²) in [6, 6.07) is 15.3. The zero-order valence-electron chi connectivity index (χ0n) is 13.7. The van der Waals surface area contributed by atoms with E-state index in [0.717, 1.165) is 4.88 Å². The van der Waals surface area contributed by atoms with Crippen molar-refractivity contribution in [3.8, 4) is 0 Å². The minimum atomic E-state index is -0.684. The molecule has 0 aliphatic carbocycles. The summed E-state index contributed by atoms with van der Waals surface area (Å²) in [5.41, 5.74) is 0.611. The van der Waals surface area contributed by atoms with Crippen molar-refractivity contribution in [1.29, 1.82) is 0 Å². The summed E-state index contributed by atoms with van der Waals surface area (Å²) in [5.74, 6) is -0.911. The maximum absolute atomic E-state index is 12.7. The van der Waals surface area contributed by atoms with E-state index in [1.807, 2.05) is 23.6 Å². The fourth-order valence-electron chi connectivity index (χ4n) is 3.11. The van der Waals surface area contributed by atoms with Gasteiger partial charge in [-0.25, -0.2) is 0 Å². The predicted molar refractivity (Wildman–Crippen MR) is 97.3 cm³/mol. The first kappa shape index (κ1) is 16.4. The second-order valence-electron chi connectivity index (χ2n) is 5.89. The molecule has 3 heterocycles. The maximum Gasteiger partial charge on any atom is 0.296 e. The number of hydrogen-bond donors (Lipinski definition) is 1. The SMILES string of the molecule is O=C1C(=O)N(Cc2ccco2)[C@H](c2cccs2)C1=C(O)c1ccccc1. The summed E-state index contributed by atoms with van der Waals surface area (Å²) in [6.07, 6.45) is 1.52. The average Bonchev–Trinajstić information content (AvgIpc) is 3.41. The van der Waals surface area contributed by atoms with Crippen LogP contribution in [0.15, 0.2) is 76.2 Å². The average molecular weight is 365 g/mol. The normalized spacial score (nSPS) is 19.2. The summed E-state index contributed by atoms with van der Waals surface area (Å²) in [6.45, 7) is 0.158. The van der Waals surface area contributed by atoms with Gasteiger partial charge >= 0.3 is 0 Å². The van der Waals surface area contributed by atoms with Crippen molar-refractivity contribution < 1.29 is 19.1 Å². The van der Waals surface area contributed by atoms with Crippen LogP contribution in [0, 0.1) is 0 Å². The highest BCUT2D eigenvalue weighted by molar-refractivity contribution is 7.10. The van der Waals surface area contributed by atoms with Crippen molar-refractivity contribution in [1.82, 2.24) is 4.90 Å². The number of amides is 1. The van der Waals surface area contributed by atoms with Gasteiger partial charge in [-0.2, -0.15) is 0 Å². The molecule has 6 heteroatoms. The number of furan rings is 1. The number of aliphatic hydroxyl groups is 1. The number of benzene rings is 1. The monoisotopic (exact) mass is 365 g/mol. The summed E-state index contributed by atoms with van der Waals surface area (Å²) in [7, 11) is 0. The lowest BCUT2D eigenvalue weighted by molar-refractivity contribution is -0.140. The van der Waals surface area contributed by atoms with Crippen LogP contribution >= 0.6 is 11.3 Å². The van der Waals surface area contributed by atoms with E-state index in [0.29, 0.717) is 11.3 Å². The van der Waals surface area contributed by atoms with Gasteiger partial charge in [0.05, 0.1) is 18.4 Å². The Kier molecular flexibility index (Phi) is 4.18. The summed E-state index contributed by atoms with van der Waals surface area (Å²) < 4.78 is 5.34. The third kappa shape index (κ3) is 2.74. The molecule has 130 valence electrons. The molecule has 1 aromatic carbocycles. The maximum atomic E-state index is 12.7. The number of thiophene rings is 1. The van der Waals surface area contributed by atoms with Crippen LogP contribution in [-0.2, 0) is 16.1 Å². The van der Waals surface area contributed by atoms with Gasteiger partial charge in [0.2, 0.25) is 0 Å². The van der Waals surface area contributed by atoms with Crippen LogP contribution in [0.3, 0.4) is 0 Å². The highest BCUT2D eigenvalue weighted by Crippen LogP contribution is 2.41. The quantitative estimate of drug-likeness (QED) is 0.432. The van der Waals surface area contributed by atoms with Gasteiger partial charge in [-0.1, -0.05) is 36.4 Å². The van der Waals surface area contributed by atoms with E-state index >= 15 is 0 Å². The van der Waals surface area contributed by atoms with Crippen LogP contribution in [0.2, 0.25) is 0 Å². The second kappa shape index (κ2) is 6.65. The van der Waals surface area contributed by atoms with E-state index in [-0.39, 0.29) is 17.9 Å². The van der Waals surface area contributed by atoms with Gasteiger partial charge in [-0.15, -0.1) is 11.3 Å². The Balaban J connectivity index is 1.84. The number of likely N-dealkylation sites (tertiary alicyclic amines) is 1. The number of carbonyl (C=O) groups excluding carboxylic acids is 2. The minimum Gasteiger partial charge on any atom is -0.507 e. The molecule has 1 aliphatic rings. The number of carbonyl (C=O) groups is 2. The molecule has 1 atom stereocenters. The van der Waals surface area contributed by atoms with E-state index < -0.39 is 17.7 Å². The number of rotatable bonds is 4. The fraction of sp³-hybridized carbons (Fsp3) is 0.100. The van der Waals surface area contributed by atoms with E-state index in [1.54, 1.807) is 36.4 Å². The molecule has 0 bridgehead atoms. The molecule has 1 N–H and O–H groups in total. The molecule has 0 saturated carbocycles. The zero-order valence-corrected chi connectivity index (χ0v) is 14.5. The number of nitrogens with zero attached hydrogens (tertiary/aromatic N) is 1. The number of Topliss-reactive ketones (excluding diaryl/α,β-unsaturated/α-hetero) is 1. The van der Waals surface area contributed by atoms with Gasteiger partial charge in [0, 0.05) is 10.4 Å². The molecule has 2 aromatic heterocycles. The van der Waals surface area contributed by atoms with Gasteiger partial charge in [0.25, 0.3) is 11.7 Å². The van der Waals surface area contributed by atoms with Crippen LogP contribution in [0.5, 0.6) is 0 Å². The van der Waals surface area contributed by atoms with E-state index in [9.17, 15) is 14.7 Å². The van der Waals surface area contributed by atoms with E-state index in [2.05, 4.69) is 0 Å². The molecule has 1 fully saturated rings. The van der Waals surface area contributed by atoms with Crippen LogP contribution in [0.1, 0.15) is 22.2 Å². The lowest BCUT2D eigenvalue weighted by Gasteiger charge is -2.23. The lowest BCUT2D eigenvalue weighted by atomic mass is 10.00. The fourth-order valence-corrected chi connectivity index (χ4v) is 3.95. The van der Waals surface area contributed by atoms with Crippen molar-refractivity contribution >= 4 is 28.8 Å². The van der Waals surface area contributed by atoms with E-state index in [4.69, 9.17) is 4.42 Å². The highest BCUT2D eigenvalue weighted by atomic mass is 32.1. The van der Waals surface area contributed by atoms with Crippen molar-refractivity contribution in [2.45, 2.75) is 12.6 Å². The second-order valence-corrected chi connectivity index (χ2v) is 6.87. The third-order valence-corrected chi connectivity index (χ3v) is 5.23. The molecule has 0 unspecified atom stereocenters. The van der Waals surface area contributed by atoms with Crippen LogP contribution in [0.25, 0.3) is 5.76 Å². The van der Waals surface area contributed by atoms with Gasteiger partial charge in [0.15, 0.2) is 0 Å². The standard InChI is InChI=1S/C20H15NO4S/c22-18(13-6-2-1-3-7-13)16-17(15-9-5-11-26-15)21(20(24)19(16)23)12-14-8-4-10-25-14/h1-11,17,22H,12H2/t17-/m1/s1. The van der Waals surface area contributed by atoms with Crippen LogP contribution in [0.4, 0.5) is 0 Å². The Labute approximate surface area is 153 Å². The molecule has 1 aliphatic heterocycles. The lowest BCUT2D eigenvalue weighted by Crippen LogP contribution is -2.28. The molecular formula is C20H15NO4S. The van der Waals surface area contributed by atoms with Gasteiger partial charge in [-0.05, 0) is 23.6 Å². The van der Waals surface area contributed by atoms with Crippen molar-refractivity contribution in [3.05, 3.63) is 88.0 Å². The van der Waals surface area contributed by atoms with Crippen molar-refractivity contribution in [3.63, 3.8) is 0 Å². The highest BCUT2D eigenvalue weighted by Gasteiger charge is 2.46. The Hall–Kier alpha value is -3.12. The number of hydrogen-bond acceptors (Lipinski definition) is 5. The summed E-state index contributed by atoms with van der Waals surface area (Å²) in [5, 5.41) is 12.7. The third-order valence-electron chi connectivity index (χ3n) is 4.31. The molecule has 1 saturated heterocycles. The van der Waals surface area contributed by atoms with Crippen molar-refractivity contribution in [2.24, 2.45) is 0 Å². The van der Waals surface area contributed by atoms with Crippen LogP contribution < -0.4 is 0 Å². The van der Waals surface area contributed by atoms with E-state index in [1.165, 1.54) is 22.5 Å². The largest absolute Gasteiger partial charge is 0.507 e. The summed E-state index contributed by atoms with van der Waals surface area (Å²) in [4.78, 5) is 27.7. The molecular weight excluding hydrogens is 350 g/mol. The van der Waals surface area contributed by atoms with Gasteiger partial charge in [-0.3, -0.25) is 9.59 Å². The van der Waals surface area contributed by atoms with Crippen LogP contribution in [-0.4, -0.2) is 21.7 Å². The Morgan fingerprint density at radius 2 is 1.88 bits per heavy atom. The Morgan fingerprint density at radius 1 is 1.08 bits per heavy atom. The topological polar surface area (TPSA) is 70.8 Å². The smallest absolute Gasteiger partial charge is 0.296 e. The first-order valence-corrected chi connectivity index (χ1v) is 8.94. The van der Waals surface area contributed by atoms with Crippen molar-refractivity contribution in [2.75, 3.05) is 0 Å². The zero-order chi connectivity index (χ0) is 18.1. The molecule has 5 nitrogen and oxygen atoms in total. The number of ketones is 1. The first-order chi connectivity index (χ1) is 12.7. The molecule has 0 spiro atoms. The minimum absolute atomic E-state index is 0.107.